The van der Waals surface area contributed by atoms with Crippen LogP contribution < -0.4 is 10.6 Å². The van der Waals surface area contributed by atoms with E-state index in [1.165, 1.54) is 0 Å². The zero-order valence-corrected chi connectivity index (χ0v) is 11.4. The van der Waals surface area contributed by atoms with Gasteiger partial charge in [0.2, 0.25) is 11.8 Å². The van der Waals surface area contributed by atoms with Crippen molar-refractivity contribution in [2.75, 3.05) is 40.3 Å². The van der Waals surface area contributed by atoms with E-state index in [0.29, 0.717) is 26.1 Å². The number of nitrogens with one attached hydrogen (secondary N) is 2. The molecule has 18 heavy (non-hydrogen) atoms. The highest BCUT2D eigenvalue weighted by molar-refractivity contribution is 5.80. The summed E-state index contributed by atoms with van der Waals surface area (Å²) >= 11 is 0. The second-order valence-electron chi connectivity index (χ2n) is 4.69. The van der Waals surface area contributed by atoms with E-state index in [9.17, 15) is 9.59 Å². The van der Waals surface area contributed by atoms with Crippen LogP contribution in [0.1, 0.15) is 13.3 Å². The van der Waals surface area contributed by atoms with Gasteiger partial charge in [0, 0.05) is 33.7 Å². The van der Waals surface area contributed by atoms with Crippen LogP contribution in [0.3, 0.4) is 0 Å². The molecule has 6 nitrogen and oxygen atoms in total. The van der Waals surface area contributed by atoms with Crippen molar-refractivity contribution in [3.05, 3.63) is 0 Å². The van der Waals surface area contributed by atoms with E-state index in [2.05, 4.69) is 10.6 Å². The van der Waals surface area contributed by atoms with Crippen molar-refractivity contribution in [2.24, 2.45) is 5.92 Å². The molecule has 1 rings (SSSR count). The zero-order chi connectivity index (χ0) is 13.5. The first-order chi connectivity index (χ1) is 8.54. The molecule has 2 unspecified atom stereocenters. The van der Waals surface area contributed by atoms with Crippen LogP contribution in [0.4, 0.5) is 0 Å². The molecule has 1 saturated heterocycles. The summed E-state index contributed by atoms with van der Waals surface area (Å²) in [6.45, 7) is 4.44. The summed E-state index contributed by atoms with van der Waals surface area (Å²) in [6.07, 6.45) is 0.313. The van der Waals surface area contributed by atoms with Gasteiger partial charge in [0.1, 0.15) is 0 Å². The van der Waals surface area contributed by atoms with Gasteiger partial charge < -0.3 is 20.3 Å². The van der Waals surface area contributed by atoms with Gasteiger partial charge in [-0.25, -0.2) is 0 Å². The predicted molar refractivity (Wildman–Crippen MR) is 68.1 cm³/mol. The van der Waals surface area contributed by atoms with Crippen LogP contribution in [-0.4, -0.2) is 63.2 Å². The minimum absolute atomic E-state index is 0.0134. The summed E-state index contributed by atoms with van der Waals surface area (Å²) in [4.78, 5) is 24.9. The lowest BCUT2D eigenvalue weighted by atomic mass is 10.1. The summed E-state index contributed by atoms with van der Waals surface area (Å²) in [7, 11) is 3.32. The van der Waals surface area contributed by atoms with E-state index in [-0.39, 0.29) is 23.8 Å². The van der Waals surface area contributed by atoms with Gasteiger partial charge in [-0.1, -0.05) is 6.92 Å². The predicted octanol–water partition coefficient (Wildman–Crippen LogP) is -0.795. The maximum Gasteiger partial charge on any atom is 0.224 e. The van der Waals surface area contributed by atoms with Crippen molar-refractivity contribution in [3.63, 3.8) is 0 Å². The number of carbonyl (C=O) groups excluding carboxylic acids is 2. The van der Waals surface area contributed by atoms with E-state index in [4.69, 9.17) is 4.74 Å². The van der Waals surface area contributed by atoms with Crippen LogP contribution in [0.2, 0.25) is 0 Å². The topological polar surface area (TPSA) is 70.7 Å². The number of carbonyl (C=O) groups is 2. The van der Waals surface area contributed by atoms with Gasteiger partial charge >= 0.3 is 0 Å². The molecule has 2 atom stereocenters. The van der Waals surface area contributed by atoms with E-state index in [1.807, 2.05) is 0 Å². The van der Waals surface area contributed by atoms with Crippen molar-refractivity contribution >= 4 is 11.8 Å². The molecule has 0 bridgehead atoms. The number of rotatable bonds is 5. The van der Waals surface area contributed by atoms with Crippen LogP contribution in [0.15, 0.2) is 0 Å². The zero-order valence-electron chi connectivity index (χ0n) is 11.4. The molecule has 1 aliphatic rings. The highest BCUT2D eigenvalue weighted by Gasteiger charge is 2.22. The smallest absolute Gasteiger partial charge is 0.224 e. The highest BCUT2D eigenvalue weighted by atomic mass is 16.5. The fraction of sp³-hybridized carbons (Fsp3) is 0.833. The maximum absolute atomic E-state index is 11.9. The van der Waals surface area contributed by atoms with Crippen molar-refractivity contribution in [1.82, 2.24) is 15.5 Å². The Kier molecular flexibility index (Phi) is 6.07. The molecule has 6 heteroatoms. The molecular formula is C12H23N3O3. The van der Waals surface area contributed by atoms with E-state index in [1.54, 1.807) is 25.9 Å². The average Bonchev–Trinajstić information content (AvgIpc) is 2.38. The molecule has 2 N–H and O–H groups in total. The molecule has 0 aromatic rings. The molecule has 1 aliphatic heterocycles. The van der Waals surface area contributed by atoms with Crippen LogP contribution in [0, 0.1) is 5.92 Å². The highest BCUT2D eigenvalue weighted by Crippen LogP contribution is 2.06. The van der Waals surface area contributed by atoms with Crippen LogP contribution in [0.25, 0.3) is 0 Å². The number of hydrogen-bond acceptors (Lipinski definition) is 4. The second-order valence-corrected chi connectivity index (χ2v) is 4.69. The second kappa shape index (κ2) is 7.33. The Bertz CT molecular complexity index is 290. The quantitative estimate of drug-likeness (QED) is 0.677. The summed E-state index contributed by atoms with van der Waals surface area (Å²) < 4.78 is 5.48. The van der Waals surface area contributed by atoms with Gasteiger partial charge in [-0.15, -0.1) is 0 Å². The van der Waals surface area contributed by atoms with Crippen LogP contribution >= 0.6 is 0 Å². The summed E-state index contributed by atoms with van der Waals surface area (Å²) in [6, 6.07) is 0. The average molecular weight is 257 g/mol. The number of ether oxygens (including phenoxy) is 1. The van der Waals surface area contributed by atoms with Crippen LogP contribution in [-0.2, 0) is 14.3 Å². The first-order valence-corrected chi connectivity index (χ1v) is 6.32. The van der Waals surface area contributed by atoms with E-state index < -0.39 is 0 Å². The van der Waals surface area contributed by atoms with Crippen molar-refractivity contribution < 1.29 is 14.3 Å². The monoisotopic (exact) mass is 257 g/mol. The first kappa shape index (κ1) is 14.9. The van der Waals surface area contributed by atoms with E-state index in [0.717, 1.165) is 6.54 Å². The van der Waals surface area contributed by atoms with Gasteiger partial charge in [-0.2, -0.15) is 0 Å². The van der Waals surface area contributed by atoms with Crippen LogP contribution in [0.5, 0.6) is 0 Å². The lowest BCUT2D eigenvalue weighted by Crippen LogP contribution is -2.43. The molecule has 0 aromatic carbocycles. The minimum atomic E-state index is -0.200. The lowest BCUT2D eigenvalue weighted by Gasteiger charge is -2.26. The third-order valence-corrected chi connectivity index (χ3v) is 3.07. The molecule has 104 valence electrons. The maximum atomic E-state index is 11.9. The molecular weight excluding hydrogens is 234 g/mol. The Hall–Kier alpha value is -1.14. The normalized spacial score (nSPS) is 21.2. The number of hydrogen-bond donors (Lipinski definition) is 2. The number of morpholine rings is 1. The third kappa shape index (κ3) is 4.62. The molecule has 0 saturated carbocycles. The van der Waals surface area contributed by atoms with Crippen molar-refractivity contribution in [1.29, 1.82) is 0 Å². The molecule has 0 spiro atoms. The number of amides is 2. The Labute approximate surface area is 108 Å². The van der Waals surface area contributed by atoms with Gasteiger partial charge in [0.25, 0.3) is 0 Å². The fourth-order valence-corrected chi connectivity index (χ4v) is 1.94. The van der Waals surface area contributed by atoms with Crippen molar-refractivity contribution in [2.45, 2.75) is 19.4 Å². The summed E-state index contributed by atoms with van der Waals surface area (Å²) in [5.74, 6) is -0.237. The minimum Gasteiger partial charge on any atom is -0.375 e. The molecule has 0 radical (unpaired) electrons. The third-order valence-electron chi connectivity index (χ3n) is 3.07. The molecule has 2 amide bonds. The standard InChI is InChI=1S/C12H23N3O3/c1-9(12(17)13-2)8-15(3)11(16)6-10-7-14-4-5-18-10/h9-10,14H,4-8H2,1-3H3,(H,13,17). The largest absolute Gasteiger partial charge is 0.375 e. The summed E-state index contributed by atoms with van der Waals surface area (Å²) in [5.41, 5.74) is 0. The fourth-order valence-electron chi connectivity index (χ4n) is 1.94. The van der Waals surface area contributed by atoms with Gasteiger partial charge in [0.15, 0.2) is 0 Å². The molecule has 1 heterocycles. The SMILES string of the molecule is CNC(=O)C(C)CN(C)C(=O)CC1CNCCO1. The lowest BCUT2D eigenvalue weighted by molar-refractivity contribution is -0.135. The Balaban J connectivity index is 2.33. The molecule has 0 aliphatic carbocycles. The molecule has 0 aromatic heterocycles. The van der Waals surface area contributed by atoms with E-state index >= 15 is 0 Å². The van der Waals surface area contributed by atoms with Gasteiger partial charge in [-0.3, -0.25) is 9.59 Å². The number of nitrogens with zero attached hydrogens (tertiary/aromatic N) is 1. The first-order valence-electron chi connectivity index (χ1n) is 6.32. The Morgan fingerprint density at radius 3 is 2.83 bits per heavy atom. The van der Waals surface area contributed by atoms with Crippen molar-refractivity contribution in [3.8, 4) is 0 Å². The Morgan fingerprint density at radius 1 is 1.56 bits per heavy atom. The Morgan fingerprint density at radius 2 is 2.28 bits per heavy atom. The van der Waals surface area contributed by atoms with Gasteiger partial charge in [0.05, 0.1) is 25.0 Å². The molecule has 1 fully saturated rings. The summed E-state index contributed by atoms with van der Waals surface area (Å²) in [5, 5.41) is 5.77. The van der Waals surface area contributed by atoms with Gasteiger partial charge in [-0.05, 0) is 0 Å².